The Hall–Kier alpha value is -1.34. The Bertz CT molecular complexity index is 366. The normalized spacial score (nSPS) is 9.25. The predicted molar refractivity (Wildman–Crippen MR) is 67.3 cm³/mol. The SMILES string of the molecule is Cc1ccccc1Cl.Cc1ccccc1F. The molecule has 0 fully saturated rings. The van der Waals surface area contributed by atoms with Gasteiger partial charge in [-0.05, 0) is 37.1 Å². The van der Waals surface area contributed by atoms with Gasteiger partial charge in [-0.1, -0.05) is 48.0 Å². The van der Waals surface area contributed by atoms with Crippen LogP contribution < -0.4 is 0 Å². The van der Waals surface area contributed by atoms with Crippen LogP contribution in [-0.4, -0.2) is 0 Å². The average molecular weight is 237 g/mol. The summed E-state index contributed by atoms with van der Waals surface area (Å²) in [7, 11) is 0. The van der Waals surface area contributed by atoms with E-state index in [1.165, 1.54) is 6.07 Å². The smallest absolute Gasteiger partial charge is 0.126 e. The highest BCUT2D eigenvalue weighted by Crippen LogP contribution is 2.11. The third-order valence-corrected chi connectivity index (χ3v) is 2.58. The third-order valence-electron chi connectivity index (χ3n) is 2.15. The van der Waals surface area contributed by atoms with Gasteiger partial charge < -0.3 is 0 Å². The van der Waals surface area contributed by atoms with Crippen molar-refractivity contribution in [1.82, 2.24) is 0 Å². The summed E-state index contributed by atoms with van der Waals surface area (Å²) in [6, 6.07) is 14.5. The molecule has 0 amide bonds. The maximum atomic E-state index is 12.3. The van der Waals surface area contributed by atoms with Crippen LogP contribution in [0.1, 0.15) is 11.1 Å². The van der Waals surface area contributed by atoms with Crippen molar-refractivity contribution in [2.45, 2.75) is 13.8 Å². The van der Waals surface area contributed by atoms with Gasteiger partial charge in [0.25, 0.3) is 0 Å². The van der Waals surface area contributed by atoms with Gasteiger partial charge in [0.05, 0.1) is 0 Å². The van der Waals surface area contributed by atoms with Gasteiger partial charge in [-0.25, -0.2) is 4.39 Å². The van der Waals surface area contributed by atoms with Crippen LogP contribution in [0.4, 0.5) is 4.39 Å². The van der Waals surface area contributed by atoms with Gasteiger partial charge in [-0.2, -0.15) is 0 Å². The van der Waals surface area contributed by atoms with Crippen molar-refractivity contribution in [2.75, 3.05) is 0 Å². The van der Waals surface area contributed by atoms with E-state index in [1.807, 2.05) is 37.3 Å². The molecule has 0 spiro atoms. The van der Waals surface area contributed by atoms with E-state index in [0.29, 0.717) is 5.56 Å². The zero-order chi connectivity index (χ0) is 12.0. The first-order valence-corrected chi connectivity index (χ1v) is 5.41. The van der Waals surface area contributed by atoms with E-state index in [4.69, 9.17) is 11.6 Å². The van der Waals surface area contributed by atoms with Crippen molar-refractivity contribution in [2.24, 2.45) is 0 Å². The van der Waals surface area contributed by atoms with E-state index in [-0.39, 0.29) is 5.82 Å². The van der Waals surface area contributed by atoms with Crippen LogP contribution in [-0.2, 0) is 0 Å². The van der Waals surface area contributed by atoms with Crippen molar-refractivity contribution in [3.63, 3.8) is 0 Å². The van der Waals surface area contributed by atoms with E-state index in [9.17, 15) is 4.39 Å². The topological polar surface area (TPSA) is 0 Å². The number of hydrogen-bond acceptors (Lipinski definition) is 0. The third kappa shape index (κ3) is 4.03. The fourth-order valence-electron chi connectivity index (χ4n) is 1.10. The van der Waals surface area contributed by atoms with Gasteiger partial charge >= 0.3 is 0 Å². The number of halogens is 2. The molecule has 0 bridgehead atoms. The minimum absolute atomic E-state index is 0.132. The molecule has 2 aromatic rings. The number of benzene rings is 2. The van der Waals surface area contributed by atoms with Crippen LogP contribution in [0.2, 0.25) is 5.02 Å². The summed E-state index contributed by atoms with van der Waals surface area (Å²) in [6.45, 7) is 3.73. The average Bonchev–Trinajstić information content (AvgIpc) is 2.28. The van der Waals surface area contributed by atoms with E-state index in [1.54, 1.807) is 19.1 Å². The van der Waals surface area contributed by atoms with Crippen LogP contribution in [0.25, 0.3) is 0 Å². The zero-order valence-corrected chi connectivity index (χ0v) is 10.1. The lowest BCUT2D eigenvalue weighted by Crippen LogP contribution is -1.76. The monoisotopic (exact) mass is 236 g/mol. The quantitative estimate of drug-likeness (QED) is 0.617. The molecule has 0 heterocycles. The van der Waals surface area contributed by atoms with Gasteiger partial charge in [0.2, 0.25) is 0 Å². The molecule has 0 aliphatic carbocycles. The molecule has 16 heavy (non-hydrogen) atoms. The van der Waals surface area contributed by atoms with E-state index >= 15 is 0 Å². The van der Waals surface area contributed by atoms with Crippen LogP contribution in [0.5, 0.6) is 0 Å². The molecular weight excluding hydrogens is 223 g/mol. The minimum atomic E-state index is -0.132. The molecule has 0 unspecified atom stereocenters. The van der Waals surface area contributed by atoms with Gasteiger partial charge in [0.15, 0.2) is 0 Å². The Morgan fingerprint density at radius 2 is 1.31 bits per heavy atom. The van der Waals surface area contributed by atoms with E-state index in [2.05, 4.69) is 0 Å². The lowest BCUT2D eigenvalue weighted by Gasteiger charge is -1.90. The molecule has 0 atom stereocenters. The first kappa shape index (κ1) is 12.7. The first-order chi connectivity index (χ1) is 7.61. The van der Waals surface area contributed by atoms with Crippen LogP contribution >= 0.6 is 11.6 Å². The van der Waals surface area contributed by atoms with Crippen molar-refractivity contribution < 1.29 is 4.39 Å². The number of rotatable bonds is 0. The molecular formula is C14H14ClF. The Labute approximate surface area is 101 Å². The molecule has 0 N–H and O–H groups in total. The summed E-state index contributed by atoms with van der Waals surface area (Å²) >= 11 is 5.71. The highest BCUT2D eigenvalue weighted by atomic mass is 35.5. The van der Waals surface area contributed by atoms with E-state index < -0.39 is 0 Å². The molecule has 0 nitrogen and oxygen atoms in total. The molecule has 0 saturated carbocycles. The summed E-state index contributed by atoms with van der Waals surface area (Å²) in [6.07, 6.45) is 0. The Balaban J connectivity index is 0.000000160. The van der Waals surface area contributed by atoms with Crippen molar-refractivity contribution >= 4 is 11.6 Å². The lowest BCUT2D eigenvalue weighted by molar-refractivity contribution is 0.618. The molecule has 2 aromatic carbocycles. The summed E-state index contributed by atoms with van der Waals surface area (Å²) in [5.74, 6) is -0.132. The van der Waals surface area contributed by atoms with Crippen molar-refractivity contribution in [1.29, 1.82) is 0 Å². The highest BCUT2D eigenvalue weighted by molar-refractivity contribution is 6.31. The predicted octanol–water partition coefficient (Wildman–Crippen LogP) is 4.78. The standard InChI is InChI=1S/C7H7Cl.C7H7F/c2*1-6-4-2-3-5-7(6)8/h2*2-5H,1H3. The molecule has 0 saturated heterocycles. The second kappa shape index (κ2) is 6.29. The molecule has 0 aliphatic heterocycles. The molecule has 2 rings (SSSR count). The van der Waals surface area contributed by atoms with E-state index in [0.717, 1.165) is 10.6 Å². The summed E-state index contributed by atoms with van der Waals surface area (Å²) in [4.78, 5) is 0. The number of aryl methyl sites for hydroxylation is 2. The maximum Gasteiger partial charge on any atom is 0.126 e. The lowest BCUT2D eigenvalue weighted by atomic mass is 10.2. The first-order valence-electron chi connectivity index (χ1n) is 5.03. The largest absolute Gasteiger partial charge is 0.207 e. The molecule has 2 heteroatoms. The van der Waals surface area contributed by atoms with Crippen LogP contribution in [0.15, 0.2) is 48.5 Å². The second-order valence-corrected chi connectivity index (χ2v) is 3.91. The zero-order valence-electron chi connectivity index (χ0n) is 9.37. The molecule has 0 aromatic heterocycles. The van der Waals surface area contributed by atoms with Crippen molar-refractivity contribution in [3.8, 4) is 0 Å². The molecule has 0 radical (unpaired) electrons. The summed E-state index contributed by atoms with van der Waals surface area (Å²) in [5, 5.41) is 0.840. The Morgan fingerprint density at radius 3 is 1.62 bits per heavy atom. The molecule has 0 aliphatic rings. The van der Waals surface area contributed by atoms with Gasteiger partial charge in [-0.3, -0.25) is 0 Å². The van der Waals surface area contributed by atoms with Crippen molar-refractivity contribution in [3.05, 3.63) is 70.5 Å². The Morgan fingerprint density at radius 1 is 0.812 bits per heavy atom. The second-order valence-electron chi connectivity index (χ2n) is 3.50. The fraction of sp³-hybridized carbons (Fsp3) is 0.143. The summed E-state index contributed by atoms with van der Waals surface area (Å²) < 4.78 is 12.3. The van der Waals surface area contributed by atoms with Gasteiger partial charge in [0, 0.05) is 5.02 Å². The fourth-order valence-corrected chi connectivity index (χ4v) is 1.24. The maximum absolute atomic E-state index is 12.3. The number of hydrogen-bond donors (Lipinski definition) is 0. The molecule has 84 valence electrons. The van der Waals surface area contributed by atoms with Gasteiger partial charge in [0.1, 0.15) is 5.82 Å². The van der Waals surface area contributed by atoms with Crippen LogP contribution in [0, 0.1) is 19.7 Å². The van der Waals surface area contributed by atoms with Gasteiger partial charge in [-0.15, -0.1) is 0 Å². The van der Waals surface area contributed by atoms with Crippen LogP contribution in [0.3, 0.4) is 0 Å². The summed E-state index contributed by atoms with van der Waals surface area (Å²) in [5.41, 5.74) is 1.83. The highest BCUT2D eigenvalue weighted by Gasteiger charge is 1.88. The minimum Gasteiger partial charge on any atom is -0.207 e. The Kier molecular flexibility index (Phi) is 5.00.